The molecule has 2 nitrogen and oxygen atoms in total. The van der Waals surface area contributed by atoms with Gasteiger partial charge in [0.2, 0.25) is 0 Å². The van der Waals surface area contributed by atoms with Gasteiger partial charge < -0.3 is 10.0 Å². The Bertz CT molecular complexity index is 786. The predicted octanol–water partition coefficient (Wildman–Crippen LogP) is 6.14. The first-order chi connectivity index (χ1) is 12.2. The lowest BCUT2D eigenvalue weighted by molar-refractivity contribution is 0.0106. The van der Waals surface area contributed by atoms with E-state index in [9.17, 15) is 5.11 Å². The zero-order valence-electron chi connectivity index (χ0n) is 15.4. The first-order valence-corrected chi connectivity index (χ1v) is 9.55. The smallest absolute Gasteiger partial charge is 0.116 e. The SMILES string of the molecule is C/C(=C\c1ccc(Cl)cc1)C(O)(c1cccc(Cl)c1Cl)C(C)CN(C)C. The van der Waals surface area contributed by atoms with Crippen LogP contribution in [0.25, 0.3) is 6.08 Å². The highest BCUT2D eigenvalue weighted by atomic mass is 35.5. The van der Waals surface area contributed by atoms with Crippen LogP contribution in [0.5, 0.6) is 0 Å². The minimum absolute atomic E-state index is 0.114. The Morgan fingerprint density at radius 1 is 1.12 bits per heavy atom. The van der Waals surface area contributed by atoms with Gasteiger partial charge in [0.1, 0.15) is 5.60 Å². The lowest BCUT2D eigenvalue weighted by Gasteiger charge is -2.38. The van der Waals surface area contributed by atoms with Crippen LogP contribution in [0.1, 0.15) is 25.0 Å². The highest BCUT2D eigenvalue weighted by Crippen LogP contribution is 2.43. The van der Waals surface area contributed by atoms with Crippen molar-refractivity contribution < 1.29 is 5.11 Å². The molecule has 2 atom stereocenters. The van der Waals surface area contributed by atoms with Gasteiger partial charge >= 0.3 is 0 Å². The topological polar surface area (TPSA) is 23.5 Å². The molecule has 2 aromatic rings. The number of nitrogens with zero attached hydrogens (tertiary/aromatic N) is 1. The van der Waals surface area contributed by atoms with Crippen LogP contribution in [0.4, 0.5) is 0 Å². The summed E-state index contributed by atoms with van der Waals surface area (Å²) < 4.78 is 0. The first-order valence-electron chi connectivity index (χ1n) is 8.42. The molecule has 26 heavy (non-hydrogen) atoms. The van der Waals surface area contributed by atoms with Crippen molar-refractivity contribution in [3.05, 3.63) is 74.2 Å². The van der Waals surface area contributed by atoms with Gasteiger partial charge in [-0.2, -0.15) is 0 Å². The zero-order valence-corrected chi connectivity index (χ0v) is 17.7. The van der Waals surface area contributed by atoms with Gasteiger partial charge in [0.25, 0.3) is 0 Å². The Labute approximate surface area is 171 Å². The van der Waals surface area contributed by atoms with E-state index in [1.54, 1.807) is 6.07 Å². The molecular weight excluding hydrogens is 389 g/mol. The third-order valence-corrected chi connectivity index (χ3v) is 5.64. The van der Waals surface area contributed by atoms with E-state index in [4.69, 9.17) is 34.8 Å². The molecule has 0 aromatic heterocycles. The Morgan fingerprint density at radius 2 is 1.73 bits per heavy atom. The van der Waals surface area contributed by atoms with Gasteiger partial charge in [0.05, 0.1) is 10.0 Å². The van der Waals surface area contributed by atoms with E-state index in [1.807, 2.05) is 75.3 Å². The Hall–Kier alpha value is -1.03. The fourth-order valence-electron chi connectivity index (χ4n) is 3.26. The zero-order chi connectivity index (χ0) is 19.5. The lowest BCUT2D eigenvalue weighted by Crippen LogP contribution is -2.40. The Kier molecular flexibility index (Phi) is 7.18. The van der Waals surface area contributed by atoms with Crippen molar-refractivity contribution in [2.75, 3.05) is 20.6 Å². The largest absolute Gasteiger partial charge is 0.380 e. The molecule has 2 aromatic carbocycles. The van der Waals surface area contributed by atoms with Crippen molar-refractivity contribution in [1.82, 2.24) is 4.90 Å². The van der Waals surface area contributed by atoms with Crippen molar-refractivity contribution in [3.8, 4) is 0 Å². The molecule has 2 rings (SSSR count). The van der Waals surface area contributed by atoms with Crippen LogP contribution in [0.3, 0.4) is 0 Å². The lowest BCUT2D eigenvalue weighted by atomic mass is 9.76. The molecule has 140 valence electrons. The molecule has 2 unspecified atom stereocenters. The average molecular weight is 413 g/mol. The van der Waals surface area contributed by atoms with E-state index >= 15 is 0 Å². The van der Waals surface area contributed by atoms with Crippen LogP contribution in [0, 0.1) is 5.92 Å². The monoisotopic (exact) mass is 411 g/mol. The molecule has 0 heterocycles. The molecule has 0 spiro atoms. The van der Waals surface area contributed by atoms with Gasteiger partial charge in [-0.3, -0.25) is 0 Å². The minimum atomic E-state index is -1.26. The fourth-order valence-corrected chi connectivity index (χ4v) is 3.83. The van der Waals surface area contributed by atoms with Crippen LogP contribution in [0.15, 0.2) is 48.0 Å². The first kappa shape index (κ1) is 21.3. The normalized spacial score (nSPS) is 15.8. The van der Waals surface area contributed by atoms with Gasteiger partial charge in [0.15, 0.2) is 0 Å². The number of rotatable bonds is 6. The van der Waals surface area contributed by atoms with Crippen molar-refractivity contribution in [1.29, 1.82) is 0 Å². The quantitative estimate of drug-likeness (QED) is 0.616. The molecule has 0 radical (unpaired) electrons. The molecule has 0 saturated heterocycles. The maximum atomic E-state index is 11.8. The second kappa shape index (κ2) is 8.77. The van der Waals surface area contributed by atoms with Gasteiger partial charge in [-0.1, -0.05) is 72.1 Å². The Morgan fingerprint density at radius 3 is 2.31 bits per heavy atom. The fraction of sp³-hybridized carbons (Fsp3) is 0.333. The highest BCUT2D eigenvalue weighted by Gasteiger charge is 2.39. The summed E-state index contributed by atoms with van der Waals surface area (Å²) in [7, 11) is 3.96. The van der Waals surface area contributed by atoms with Crippen molar-refractivity contribution in [2.45, 2.75) is 19.4 Å². The van der Waals surface area contributed by atoms with E-state index < -0.39 is 5.60 Å². The summed E-state index contributed by atoms with van der Waals surface area (Å²) in [6.45, 7) is 4.61. The number of halogens is 3. The molecule has 1 N–H and O–H groups in total. The van der Waals surface area contributed by atoms with E-state index in [1.165, 1.54) is 0 Å². The van der Waals surface area contributed by atoms with Gasteiger partial charge in [0, 0.05) is 23.0 Å². The highest BCUT2D eigenvalue weighted by molar-refractivity contribution is 6.42. The number of benzene rings is 2. The van der Waals surface area contributed by atoms with Crippen molar-refractivity contribution >= 4 is 40.9 Å². The molecule has 0 fully saturated rings. The third kappa shape index (κ3) is 4.62. The third-order valence-electron chi connectivity index (χ3n) is 4.57. The van der Waals surface area contributed by atoms with Crippen LogP contribution >= 0.6 is 34.8 Å². The van der Waals surface area contributed by atoms with Crippen LogP contribution in [-0.2, 0) is 5.60 Å². The average Bonchev–Trinajstić information content (AvgIpc) is 2.58. The maximum absolute atomic E-state index is 11.8. The standard InChI is InChI=1S/C21H24Cl3NO/c1-14(12-16-8-10-17(22)11-9-16)21(26,15(2)13-25(3)4)18-6-5-7-19(23)20(18)24/h5-12,15,26H,13H2,1-4H3/b14-12+. The molecular formula is C21H24Cl3NO. The van der Waals surface area contributed by atoms with Crippen LogP contribution in [0.2, 0.25) is 15.1 Å². The molecule has 0 aliphatic carbocycles. The van der Waals surface area contributed by atoms with Crippen LogP contribution in [-0.4, -0.2) is 30.6 Å². The van der Waals surface area contributed by atoms with E-state index in [2.05, 4.69) is 0 Å². The van der Waals surface area contributed by atoms with Crippen molar-refractivity contribution in [3.63, 3.8) is 0 Å². The summed E-state index contributed by atoms with van der Waals surface area (Å²) in [5.41, 5.74) is 1.11. The van der Waals surface area contributed by atoms with E-state index in [0.717, 1.165) is 11.1 Å². The summed E-state index contributed by atoms with van der Waals surface area (Å²) in [5, 5.41) is 13.3. The summed E-state index contributed by atoms with van der Waals surface area (Å²) >= 11 is 18.7. The van der Waals surface area contributed by atoms with Gasteiger partial charge in [-0.15, -0.1) is 0 Å². The summed E-state index contributed by atoms with van der Waals surface area (Å²) in [6, 6.07) is 12.9. The summed E-state index contributed by atoms with van der Waals surface area (Å²) in [5.74, 6) is -0.114. The van der Waals surface area contributed by atoms with E-state index in [0.29, 0.717) is 27.2 Å². The minimum Gasteiger partial charge on any atom is -0.380 e. The molecule has 0 saturated carbocycles. The van der Waals surface area contributed by atoms with Gasteiger partial charge in [-0.25, -0.2) is 0 Å². The maximum Gasteiger partial charge on any atom is 0.116 e. The summed E-state index contributed by atoms with van der Waals surface area (Å²) in [4.78, 5) is 2.05. The van der Waals surface area contributed by atoms with E-state index in [-0.39, 0.29) is 5.92 Å². The second-order valence-electron chi connectivity index (χ2n) is 6.91. The Balaban J connectivity index is 2.59. The van der Waals surface area contributed by atoms with Crippen LogP contribution < -0.4 is 0 Å². The molecule has 0 amide bonds. The molecule has 5 heteroatoms. The van der Waals surface area contributed by atoms with Crippen molar-refractivity contribution in [2.24, 2.45) is 5.92 Å². The second-order valence-corrected chi connectivity index (χ2v) is 8.13. The number of hydrogen-bond acceptors (Lipinski definition) is 2. The molecule has 0 aliphatic rings. The predicted molar refractivity (Wildman–Crippen MR) is 113 cm³/mol. The number of hydrogen-bond donors (Lipinski definition) is 1. The molecule has 0 bridgehead atoms. The number of aliphatic hydroxyl groups is 1. The molecule has 0 aliphatic heterocycles. The van der Waals surface area contributed by atoms with Gasteiger partial charge in [-0.05, 0) is 50.4 Å². The summed E-state index contributed by atoms with van der Waals surface area (Å²) in [6.07, 6.45) is 1.96.